The second-order valence-electron chi connectivity index (χ2n) is 5.46. The van der Waals surface area contributed by atoms with Crippen LogP contribution in [0.25, 0.3) is 0 Å². The summed E-state index contributed by atoms with van der Waals surface area (Å²) in [5.41, 5.74) is 1.79. The van der Waals surface area contributed by atoms with Crippen molar-refractivity contribution in [1.82, 2.24) is 9.78 Å². The molecule has 0 atom stereocenters. The summed E-state index contributed by atoms with van der Waals surface area (Å²) in [6.07, 6.45) is 0.900. The number of nitrogens with zero attached hydrogens (tertiary/aromatic N) is 2. The lowest BCUT2D eigenvalue weighted by molar-refractivity contribution is -0.151. The summed E-state index contributed by atoms with van der Waals surface area (Å²) in [5, 5.41) is 4.54. The van der Waals surface area contributed by atoms with Crippen LogP contribution in [0.1, 0.15) is 46.0 Å². The molecule has 0 aliphatic carbocycles. The van der Waals surface area contributed by atoms with Crippen LogP contribution in [0.3, 0.4) is 0 Å². The summed E-state index contributed by atoms with van der Waals surface area (Å²) in [5.74, 6) is 0.942. The fourth-order valence-corrected chi connectivity index (χ4v) is 3.46. The summed E-state index contributed by atoms with van der Waals surface area (Å²) in [6, 6.07) is 0. The molecule has 0 bridgehead atoms. The molecule has 1 rings (SSSR count). The van der Waals surface area contributed by atoms with E-state index < -0.39 is 5.60 Å². The molecule has 1 heterocycles. The Morgan fingerprint density at radius 3 is 2.55 bits per heavy atom. The maximum atomic E-state index is 11.7. The quantitative estimate of drug-likeness (QED) is 0.721. The molecule has 0 unspecified atom stereocenters. The first kappa shape index (κ1) is 17.6. The second-order valence-corrected chi connectivity index (χ2v) is 7.23. The monoisotopic (exact) mass is 362 g/mol. The lowest BCUT2D eigenvalue weighted by Gasteiger charge is -2.19. The Labute approximate surface area is 133 Å². The van der Waals surface area contributed by atoms with Gasteiger partial charge in [-0.05, 0) is 50.0 Å². The van der Waals surface area contributed by atoms with Crippen molar-refractivity contribution >= 4 is 33.7 Å². The van der Waals surface area contributed by atoms with Crippen molar-refractivity contribution in [2.45, 2.75) is 58.9 Å². The lowest BCUT2D eigenvalue weighted by atomic mass is 10.2. The molecule has 1 aromatic heterocycles. The summed E-state index contributed by atoms with van der Waals surface area (Å²) in [6.45, 7) is 10.6. The van der Waals surface area contributed by atoms with Crippen molar-refractivity contribution in [3.05, 3.63) is 15.9 Å². The molecule has 1 aromatic rings. The van der Waals surface area contributed by atoms with E-state index >= 15 is 0 Å². The Bertz CT molecular complexity index is 466. The van der Waals surface area contributed by atoms with E-state index in [-0.39, 0.29) is 5.97 Å². The summed E-state index contributed by atoms with van der Waals surface area (Å²) in [7, 11) is 0. The number of carbonyl (C=O) groups is 1. The number of ether oxygens (including phenoxy) is 1. The van der Waals surface area contributed by atoms with Crippen molar-refractivity contribution in [1.29, 1.82) is 0 Å². The van der Waals surface area contributed by atoms with Gasteiger partial charge in [0.25, 0.3) is 0 Å². The fraction of sp³-hybridized carbons (Fsp3) is 0.714. The van der Waals surface area contributed by atoms with Crippen LogP contribution in [0.15, 0.2) is 4.47 Å². The molecule has 0 aromatic carbocycles. The largest absolute Gasteiger partial charge is 0.459 e. The number of rotatable bonds is 6. The number of aromatic nitrogens is 2. The second kappa shape index (κ2) is 7.50. The molecular formula is C14H23BrN2O2S. The normalized spacial score (nSPS) is 11.7. The molecule has 4 nitrogen and oxygen atoms in total. The zero-order valence-electron chi connectivity index (χ0n) is 12.8. The van der Waals surface area contributed by atoms with Crippen LogP contribution in [0.2, 0.25) is 0 Å². The molecule has 0 amide bonds. The fourth-order valence-electron chi connectivity index (χ4n) is 1.76. The van der Waals surface area contributed by atoms with Gasteiger partial charge < -0.3 is 4.74 Å². The van der Waals surface area contributed by atoms with E-state index in [1.54, 1.807) is 11.8 Å². The maximum Gasteiger partial charge on any atom is 0.316 e. The van der Waals surface area contributed by atoms with Gasteiger partial charge in [0, 0.05) is 12.3 Å². The Kier molecular flexibility index (Phi) is 6.58. The van der Waals surface area contributed by atoms with Crippen molar-refractivity contribution in [2.75, 3.05) is 5.75 Å². The maximum absolute atomic E-state index is 11.7. The van der Waals surface area contributed by atoms with E-state index in [1.165, 1.54) is 0 Å². The average molecular weight is 363 g/mol. The molecule has 114 valence electrons. The van der Waals surface area contributed by atoms with Gasteiger partial charge in [-0.25, -0.2) is 0 Å². The highest BCUT2D eigenvalue weighted by atomic mass is 79.9. The van der Waals surface area contributed by atoms with Gasteiger partial charge in [-0.15, -0.1) is 11.8 Å². The molecule has 0 N–H and O–H groups in total. The third-order valence-electron chi connectivity index (χ3n) is 2.57. The predicted molar refractivity (Wildman–Crippen MR) is 87.0 cm³/mol. The summed E-state index contributed by atoms with van der Waals surface area (Å²) >= 11 is 5.16. The van der Waals surface area contributed by atoms with Crippen molar-refractivity contribution in [2.24, 2.45) is 0 Å². The number of hydrogen-bond donors (Lipinski definition) is 0. The number of halogens is 1. The first-order chi connectivity index (χ1) is 9.28. The predicted octanol–water partition coefficient (Wildman–Crippen LogP) is 3.80. The van der Waals surface area contributed by atoms with Crippen LogP contribution >= 0.6 is 27.7 Å². The minimum absolute atomic E-state index is 0.170. The SMILES string of the molecule is CCc1nn(CC)c(CSCC(=O)OC(C)(C)C)c1Br. The van der Waals surface area contributed by atoms with Gasteiger partial charge in [-0.1, -0.05) is 6.92 Å². The molecule has 0 radical (unpaired) electrons. The highest BCUT2D eigenvalue weighted by Crippen LogP contribution is 2.26. The first-order valence-electron chi connectivity index (χ1n) is 6.82. The highest BCUT2D eigenvalue weighted by Gasteiger charge is 2.18. The molecule has 0 saturated heterocycles. The van der Waals surface area contributed by atoms with Gasteiger partial charge in [0.2, 0.25) is 0 Å². The standard InChI is InChI=1S/C14H23BrN2O2S/c1-6-10-13(15)11(17(7-2)16-10)8-20-9-12(18)19-14(3,4)5/h6-9H2,1-5H3. The topological polar surface area (TPSA) is 44.1 Å². The van der Waals surface area contributed by atoms with Gasteiger partial charge in [-0.3, -0.25) is 9.48 Å². The molecule has 20 heavy (non-hydrogen) atoms. The van der Waals surface area contributed by atoms with Crippen LogP contribution in [0.5, 0.6) is 0 Å². The Balaban J connectivity index is 2.58. The van der Waals surface area contributed by atoms with Crippen molar-refractivity contribution in [3.63, 3.8) is 0 Å². The highest BCUT2D eigenvalue weighted by molar-refractivity contribution is 9.10. The minimum atomic E-state index is -0.418. The third-order valence-corrected chi connectivity index (χ3v) is 4.41. The molecule has 0 saturated carbocycles. The zero-order chi connectivity index (χ0) is 15.3. The van der Waals surface area contributed by atoms with Gasteiger partial charge in [0.1, 0.15) is 5.60 Å². The van der Waals surface area contributed by atoms with Crippen molar-refractivity contribution < 1.29 is 9.53 Å². The number of aryl methyl sites for hydroxylation is 2. The Morgan fingerprint density at radius 2 is 2.05 bits per heavy atom. The third kappa shape index (κ3) is 5.13. The molecule has 0 aliphatic heterocycles. The molecular weight excluding hydrogens is 340 g/mol. The van der Waals surface area contributed by atoms with Gasteiger partial charge in [-0.2, -0.15) is 5.10 Å². The number of carbonyl (C=O) groups excluding carboxylic acids is 1. The number of esters is 1. The first-order valence-corrected chi connectivity index (χ1v) is 8.76. The average Bonchev–Trinajstić information content (AvgIpc) is 2.64. The smallest absolute Gasteiger partial charge is 0.316 e. The van der Waals surface area contributed by atoms with Crippen LogP contribution in [0, 0.1) is 0 Å². The molecule has 6 heteroatoms. The summed E-state index contributed by atoms with van der Waals surface area (Å²) in [4.78, 5) is 11.7. The molecule has 0 aliphatic rings. The Hall–Kier alpha value is -0.490. The van der Waals surface area contributed by atoms with Crippen molar-refractivity contribution in [3.8, 4) is 0 Å². The van der Waals surface area contributed by atoms with Gasteiger partial charge >= 0.3 is 5.97 Å². The lowest BCUT2D eigenvalue weighted by Crippen LogP contribution is -2.25. The molecule has 0 fully saturated rings. The van der Waals surface area contributed by atoms with Crippen LogP contribution < -0.4 is 0 Å². The van der Waals surface area contributed by atoms with E-state index in [1.807, 2.05) is 25.5 Å². The van der Waals surface area contributed by atoms with E-state index in [9.17, 15) is 4.79 Å². The zero-order valence-corrected chi connectivity index (χ0v) is 15.2. The van der Waals surface area contributed by atoms with Gasteiger partial charge in [0.05, 0.1) is 21.6 Å². The van der Waals surface area contributed by atoms with E-state index in [0.29, 0.717) is 5.75 Å². The number of thioether (sulfide) groups is 1. The molecule has 0 spiro atoms. The summed E-state index contributed by atoms with van der Waals surface area (Å²) < 4.78 is 8.35. The van der Waals surface area contributed by atoms with Crippen LogP contribution in [-0.4, -0.2) is 27.1 Å². The van der Waals surface area contributed by atoms with E-state index in [0.717, 1.165) is 34.6 Å². The minimum Gasteiger partial charge on any atom is -0.459 e. The van der Waals surface area contributed by atoms with Crippen LogP contribution in [0.4, 0.5) is 0 Å². The van der Waals surface area contributed by atoms with Crippen LogP contribution in [-0.2, 0) is 28.2 Å². The van der Waals surface area contributed by atoms with E-state index in [2.05, 4.69) is 34.9 Å². The number of hydrogen-bond acceptors (Lipinski definition) is 4. The van der Waals surface area contributed by atoms with E-state index in [4.69, 9.17) is 4.74 Å². The Morgan fingerprint density at radius 1 is 1.40 bits per heavy atom. The van der Waals surface area contributed by atoms with Gasteiger partial charge in [0.15, 0.2) is 0 Å².